The van der Waals surface area contributed by atoms with Crippen molar-refractivity contribution in [2.75, 3.05) is 4.90 Å². The van der Waals surface area contributed by atoms with Gasteiger partial charge in [0, 0.05) is 9.92 Å². The molecule has 0 bridgehead atoms. The summed E-state index contributed by atoms with van der Waals surface area (Å²) >= 11 is 7.15. The average Bonchev–Trinajstić information content (AvgIpc) is 2.94. The zero-order valence-electron chi connectivity index (χ0n) is 15.4. The molecule has 3 aromatic rings. The zero-order chi connectivity index (χ0) is 20.5. The van der Waals surface area contributed by atoms with Crippen LogP contribution in [-0.4, -0.2) is 11.8 Å². The standard InChI is InChI=1S/C23H15ClFNO2S/c1-14-5-7-15(8-6-14)20-21(29-19-11-9-16(24)10-12-19)23(28)26(22(20)27)18-4-2-3-17(25)13-18/h2-13H,1H3. The monoisotopic (exact) mass is 423 g/mol. The van der Waals surface area contributed by atoms with E-state index in [0.29, 0.717) is 21.1 Å². The normalized spacial score (nSPS) is 14.1. The first kappa shape index (κ1) is 19.4. The maximum Gasteiger partial charge on any atom is 0.272 e. The number of thioether (sulfide) groups is 1. The molecule has 1 aliphatic heterocycles. The highest BCUT2D eigenvalue weighted by molar-refractivity contribution is 8.04. The molecule has 0 saturated heterocycles. The molecule has 0 unspecified atom stereocenters. The minimum atomic E-state index is -0.515. The second kappa shape index (κ2) is 7.85. The molecule has 0 saturated carbocycles. The highest BCUT2D eigenvalue weighted by Crippen LogP contribution is 2.41. The van der Waals surface area contributed by atoms with E-state index in [1.165, 1.54) is 30.0 Å². The van der Waals surface area contributed by atoms with E-state index in [2.05, 4.69) is 0 Å². The molecule has 0 atom stereocenters. The Kier molecular flexibility index (Phi) is 5.26. The lowest BCUT2D eigenvalue weighted by atomic mass is 10.0. The van der Waals surface area contributed by atoms with E-state index in [-0.39, 0.29) is 5.69 Å². The van der Waals surface area contributed by atoms with Gasteiger partial charge in [0.25, 0.3) is 11.8 Å². The van der Waals surface area contributed by atoms with Crippen LogP contribution in [0.5, 0.6) is 0 Å². The van der Waals surface area contributed by atoms with Crippen LogP contribution in [-0.2, 0) is 9.59 Å². The maximum absolute atomic E-state index is 13.7. The molecule has 0 aromatic heterocycles. The highest BCUT2D eigenvalue weighted by Gasteiger charge is 2.40. The lowest BCUT2D eigenvalue weighted by Gasteiger charge is -2.15. The van der Waals surface area contributed by atoms with Crippen molar-refractivity contribution in [3.05, 3.63) is 99.7 Å². The fourth-order valence-electron chi connectivity index (χ4n) is 3.05. The van der Waals surface area contributed by atoms with Crippen LogP contribution < -0.4 is 4.90 Å². The average molecular weight is 424 g/mol. The van der Waals surface area contributed by atoms with Gasteiger partial charge in [-0.25, -0.2) is 9.29 Å². The van der Waals surface area contributed by atoms with Gasteiger partial charge in [-0.1, -0.05) is 59.3 Å². The van der Waals surface area contributed by atoms with Crippen LogP contribution in [0.4, 0.5) is 10.1 Å². The van der Waals surface area contributed by atoms with Crippen molar-refractivity contribution in [3.8, 4) is 0 Å². The number of imide groups is 1. The molecular weight excluding hydrogens is 409 g/mol. The van der Waals surface area contributed by atoms with Crippen LogP contribution in [0.15, 0.2) is 82.6 Å². The number of hydrogen-bond acceptors (Lipinski definition) is 3. The SMILES string of the molecule is Cc1ccc(C2=C(Sc3ccc(Cl)cc3)C(=O)N(c3cccc(F)c3)C2=O)cc1. The predicted molar refractivity (Wildman–Crippen MR) is 114 cm³/mol. The molecule has 1 heterocycles. The first-order chi connectivity index (χ1) is 13.9. The van der Waals surface area contributed by atoms with Crippen molar-refractivity contribution < 1.29 is 14.0 Å². The van der Waals surface area contributed by atoms with E-state index in [9.17, 15) is 14.0 Å². The van der Waals surface area contributed by atoms with Crippen LogP contribution in [0.3, 0.4) is 0 Å². The molecule has 3 nitrogen and oxygen atoms in total. The number of amides is 2. The molecular formula is C23H15ClFNO2S. The summed E-state index contributed by atoms with van der Waals surface area (Å²) in [7, 11) is 0. The third-order valence-electron chi connectivity index (χ3n) is 4.48. The Morgan fingerprint density at radius 3 is 2.24 bits per heavy atom. The molecule has 0 fully saturated rings. The Hall–Kier alpha value is -2.89. The third kappa shape index (κ3) is 3.84. The number of anilines is 1. The van der Waals surface area contributed by atoms with Gasteiger partial charge in [-0.2, -0.15) is 0 Å². The van der Waals surface area contributed by atoms with Crippen molar-refractivity contribution in [1.29, 1.82) is 0 Å². The molecule has 144 valence electrons. The maximum atomic E-state index is 13.7. The molecule has 3 aromatic carbocycles. The molecule has 0 aliphatic carbocycles. The lowest BCUT2D eigenvalue weighted by Crippen LogP contribution is -2.31. The Morgan fingerprint density at radius 2 is 1.59 bits per heavy atom. The van der Waals surface area contributed by atoms with Crippen LogP contribution in [0.1, 0.15) is 11.1 Å². The number of carbonyl (C=O) groups excluding carboxylic acids is 2. The van der Waals surface area contributed by atoms with Gasteiger partial charge in [0.1, 0.15) is 5.82 Å². The van der Waals surface area contributed by atoms with E-state index in [1.807, 2.05) is 31.2 Å². The summed E-state index contributed by atoms with van der Waals surface area (Å²) < 4.78 is 13.7. The number of nitrogens with zero attached hydrogens (tertiary/aromatic N) is 1. The van der Waals surface area contributed by atoms with Crippen molar-refractivity contribution in [2.45, 2.75) is 11.8 Å². The Balaban J connectivity index is 1.82. The van der Waals surface area contributed by atoms with Gasteiger partial charge in [0.05, 0.1) is 16.2 Å². The first-order valence-corrected chi connectivity index (χ1v) is 10.0. The van der Waals surface area contributed by atoms with Gasteiger partial charge in [-0.15, -0.1) is 0 Å². The summed E-state index contributed by atoms with van der Waals surface area (Å²) in [5.41, 5.74) is 2.19. The molecule has 1 aliphatic rings. The minimum absolute atomic E-state index is 0.205. The van der Waals surface area contributed by atoms with Gasteiger partial charge in [-0.3, -0.25) is 9.59 Å². The summed E-state index contributed by atoms with van der Waals surface area (Å²) in [4.78, 5) is 28.6. The summed E-state index contributed by atoms with van der Waals surface area (Å²) in [6.07, 6.45) is 0. The molecule has 29 heavy (non-hydrogen) atoms. The minimum Gasteiger partial charge on any atom is -0.268 e. The summed E-state index contributed by atoms with van der Waals surface area (Å²) in [5, 5.41) is 0.581. The highest BCUT2D eigenvalue weighted by atomic mass is 35.5. The molecule has 0 radical (unpaired) electrons. The van der Waals surface area contributed by atoms with E-state index < -0.39 is 17.6 Å². The predicted octanol–water partition coefficient (Wildman–Crippen LogP) is 5.86. The fraction of sp³-hybridized carbons (Fsp3) is 0.0435. The molecule has 2 amide bonds. The zero-order valence-corrected chi connectivity index (χ0v) is 16.9. The largest absolute Gasteiger partial charge is 0.272 e. The van der Waals surface area contributed by atoms with Gasteiger partial charge in [0.2, 0.25) is 0 Å². The van der Waals surface area contributed by atoms with Crippen molar-refractivity contribution >= 4 is 46.4 Å². The number of halogens is 2. The summed E-state index contributed by atoms with van der Waals surface area (Å²) in [5.74, 6) is -1.46. The summed E-state index contributed by atoms with van der Waals surface area (Å²) in [6, 6.07) is 19.9. The smallest absolute Gasteiger partial charge is 0.268 e. The quantitative estimate of drug-likeness (QED) is 0.493. The van der Waals surface area contributed by atoms with E-state index in [4.69, 9.17) is 11.6 Å². The lowest BCUT2D eigenvalue weighted by molar-refractivity contribution is -0.119. The number of benzene rings is 3. The van der Waals surface area contributed by atoms with Crippen molar-refractivity contribution in [2.24, 2.45) is 0 Å². The second-order valence-electron chi connectivity index (χ2n) is 6.55. The fourth-order valence-corrected chi connectivity index (χ4v) is 4.17. The Bertz CT molecular complexity index is 1140. The third-order valence-corrected chi connectivity index (χ3v) is 5.82. The molecule has 4 rings (SSSR count). The van der Waals surface area contributed by atoms with Crippen molar-refractivity contribution in [3.63, 3.8) is 0 Å². The van der Waals surface area contributed by atoms with Crippen LogP contribution in [0.2, 0.25) is 5.02 Å². The Morgan fingerprint density at radius 1 is 0.897 bits per heavy atom. The second-order valence-corrected chi connectivity index (χ2v) is 8.07. The van der Waals surface area contributed by atoms with E-state index in [0.717, 1.165) is 15.4 Å². The van der Waals surface area contributed by atoms with Crippen molar-refractivity contribution in [1.82, 2.24) is 0 Å². The number of aryl methyl sites for hydroxylation is 1. The molecule has 0 N–H and O–H groups in total. The number of carbonyl (C=O) groups is 2. The molecule has 6 heteroatoms. The number of hydrogen-bond donors (Lipinski definition) is 0. The van der Waals surface area contributed by atoms with Gasteiger partial charge in [0.15, 0.2) is 0 Å². The van der Waals surface area contributed by atoms with Gasteiger partial charge in [-0.05, 0) is 55.0 Å². The molecule has 0 spiro atoms. The van der Waals surface area contributed by atoms with Gasteiger partial charge < -0.3 is 0 Å². The number of rotatable bonds is 4. The van der Waals surface area contributed by atoms with E-state index in [1.54, 1.807) is 30.3 Å². The van der Waals surface area contributed by atoms with Crippen LogP contribution in [0, 0.1) is 12.7 Å². The topological polar surface area (TPSA) is 37.4 Å². The van der Waals surface area contributed by atoms with Crippen LogP contribution >= 0.6 is 23.4 Å². The van der Waals surface area contributed by atoms with Gasteiger partial charge >= 0.3 is 0 Å². The van der Waals surface area contributed by atoms with E-state index >= 15 is 0 Å². The summed E-state index contributed by atoms with van der Waals surface area (Å²) in [6.45, 7) is 1.95. The van der Waals surface area contributed by atoms with Crippen LogP contribution in [0.25, 0.3) is 5.57 Å². The first-order valence-electron chi connectivity index (χ1n) is 8.83. The Labute approximate surface area is 176 Å².